The highest BCUT2D eigenvalue weighted by Crippen LogP contribution is 2.30. The van der Waals surface area contributed by atoms with E-state index in [1.165, 1.54) is 12.1 Å². The Hall–Kier alpha value is -2.36. The first-order valence-electron chi connectivity index (χ1n) is 7.13. The van der Waals surface area contributed by atoms with Gasteiger partial charge in [0.25, 0.3) is 0 Å². The maximum absolute atomic E-state index is 13.1. The number of amides is 1. The Kier molecular flexibility index (Phi) is 4.50. The molecule has 0 heterocycles. The quantitative estimate of drug-likeness (QED) is 0.842. The molecule has 0 saturated carbocycles. The van der Waals surface area contributed by atoms with Crippen LogP contribution in [0.5, 0.6) is 5.75 Å². The van der Waals surface area contributed by atoms with E-state index < -0.39 is 0 Å². The zero-order valence-corrected chi connectivity index (χ0v) is 13.0. The monoisotopic (exact) mass is 301 g/mol. The second-order valence-corrected chi connectivity index (χ2v) is 6.34. The van der Waals surface area contributed by atoms with Crippen LogP contribution in [0.15, 0.2) is 42.5 Å². The summed E-state index contributed by atoms with van der Waals surface area (Å²) in [5, 5.41) is 12.6. The van der Waals surface area contributed by atoms with Crippen molar-refractivity contribution in [3.05, 3.63) is 59.4 Å². The van der Waals surface area contributed by atoms with E-state index >= 15 is 0 Å². The summed E-state index contributed by atoms with van der Waals surface area (Å²) in [5.41, 5.74) is 1.87. The Morgan fingerprint density at radius 3 is 2.55 bits per heavy atom. The van der Waals surface area contributed by atoms with Crippen LogP contribution < -0.4 is 5.32 Å². The van der Waals surface area contributed by atoms with Gasteiger partial charge in [0.2, 0.25) is 5.91 Å². The molecule has 0 fully saturated rings. The molecule has 0 spiro atoms. The Morgan fingerprint density at radius 2 is 1.91 bits per heavy atom. The van der Waals surface area contributed by atoms with E-state index in [9.17, 15) is 14.3 Å². The van der Waals surface area contributed by atoms with E-state index in [0.717, 1.165) is 5.56 Å². The van der Waals surface area contributed by atoms with Crippen LogP contribution in [0.4, 0.5) is 10.1 Å². The van der Waals surface area contributed by atoms with Gasteiger partial charge in [0.05, 0.1) is 12.1 Å². The minimum Gasteiger partial charge on any atom is -0.506 e. The SMILES string of the molecule is CC(C)(C)c1ccc(O)c(NC(=O)Cc2cccc(F)c2)c1. The summed E-state index contributed by atoms with van der Waals surface area (Å²) in [5.74, 6) is -0.657. The van der Waals surface area contributed by atoms with Crippen LogP contribution in [0.25, 0.3) is 0 Å². The number of carbonyl (C=O) groups excluding carboxylic acids is 1. The normalized spacial score (nSPS) is 11.3. The standard InChI is InChI=1S/C18H20FNO2/c1-18(2,3)13-7-8-16(21)15(11-13)20-17(22)10-12-5-4-6-14(19)9-12/h4-9,11,21H,10H2,1-3H3,(H,20,22). The fourth-order valence-corrected chi connectivity index (χ4v) is 2.13. The van der Waals surface area contributed by atoms with E-state index in [2.05, 4.69) is 26.1 Å². The molecule has 0 aliphatic heterocycles. The average Bonchev–Trinajstić information content (AvgIpc) is 2.40. The molecular weight excluding hydrogens is 281 g/mol. The first kappa shape index (κ1) is 16.0. The lowest BCUT2D eigenvalue weighted by Gasteiger charge is -2.20. The van der Waals surface area contributed by atoms with Crippen LogP contribution in [0.1, 0.15) is 31.9 Å². The van der Waals surface area contributed by atoms with Crippen LogP contribution in [-0.4, -0.2) is 11.0 Å². The number of halogens is 1. The zero-order chi connectivity index (χ0) is 16.3. The molecule has 1 amide bonds. The molecule has 0 aliphatic carbocycles. The van der Waals surface area contributed by atoms with Crippen molar-refractivity contribution in [1.82, 2.24) is 0 Å². The van der Waals surface area contributed by atoms with Crippen LogP contribution in [0, 0.1) is 5.82 Å². The number of carbonyl (C=O) groups is 1. The molecule has 4 heteroatoms. The second kappa shape index (κ2) is 6.18. The number of aromatic hydroxyl groups is 1. The molecule has 0 aliphatic rings. The third-order valence-electron chi connectivity index (χ3n) is 3.39. The maximum atomic E-state index is 13.1. The minimum atomic E-state index is -0.372. The second-order valence-electron chi connectivity index (χ2n) is 6.34. The summed E-state index contributed by atoms with van der Waals surface area (Å²) >= 11 is 0. The van der Waals surface area contributed by atoms with Gasteiger partial charge in [-0.2, -0.15) is 0 Å². The van der Waals surface area contributed by atoms with Gasteiger partial charge in [-0.05, 0) is 40.8 Å². The first-order chi connectivity index (χ1) is 10.3. The fourth-order valence-electron chi connectivity index (χ4n) is 2.13. The lowest BCUT2D eigenvalue weighted by molar-refractivity contribution is -0.115. The first-order valence-corrected chi connectivity index (χ1v) is 7.13. The van der Waals surface area contributed by atoms with Gasteiger partial charge < -0.3 is 10.4 Å². The molecule has 0 atom stereocenters. The highest BCUT2D eigenvalue weighted by atomic mass is 19.1. The van der Waals surface area contributed by atoms with Crippen molar-refractivity contribution in [1.29, 1.82) is 0 Å². The van der Waals surface area contributed by atoms with Gasteiger partial charge in [0, 0.05) is 0 Å². The van der Waals surface area contributed by atoms with Crippen molar-refractivity contribution < 1.29 is 14.3 Å². The van der Waals surface area contributed by atoms with E-state index in [0.29, 0.717) is 11.3 Å². The predicted molar refractivity (Wildman–Crippen MR) is 85.5 cm³/mol. The van der Waals surface area contributed by atoms with Crippen LogP contribution in [0.3, 0.4) is 0 Å². The highest BCUT2D eigenvalue weighted by Gasteiger charge is 2.16. The third-order valence-corrected chi connectivity index (χ3v) is 3.39. The number of rotatable bonds is 3. The van der Waals surface area contributed by atoms with Gasteiger partial charge in [-0.15, -0.1) is 0 Å². The van der Waals surface area contributed by atoms with Gasteiger partial charge in [-0.1, -0.05) is 39.0 Å². The smallest absolute Gasteiger partial charge is 0.228 e. The van der Waals surface area contributed by atoms with Gasteiger partial charge in [-0.3, -0.25) is 4.79 Å². The number of phenolic OH excluding ortho intramolecular Hbond substituents is 1. The predicted octanol–water partition coefficient (Wildman–Crippen LogP) is 4.01. The van der Waals surface area contributed by atoms with Crippen molar-refractivity contribution in [2.24, 2.45) is 0 Å². The fraction of sp³-hybridized carbons (Fsp3) is 0.278. The molecule has 0 aromatic heterocycles. The Labute approximate surface area is 129 Å². The lowest BCUT2D eigenvalue weighted by atomic mass is 9.87. The third kappa shape index (κ3) is 4.07. The van der Waals surface area contributed by atoms with Gasteiger partial charge in [-0.25, -0.2) is 4.39 Å². The van der Waals surface area contributed by atoms with Gasteiger partial charge >= 0.3 is 0 Å². The molecule has 0 unspecified atom stereocenters. The number of anilines is 1. The molecule has 116 valence electrons. The van der Waals surface area contributed by atoms with Crippen molar-refractivity contribution in [3.8, 4) is 5.75 Å². The average molecular weight is 301 g/mol. The molecule has 0 radical (unpaired) electrons. The zero-order valence-electron chi connectivity index (χ0n) is 13.0. The summed E-state index contributed by atoms with van der Waals surface area (Å²) in [4.78, 5) is 12.1. The summed E-state index contributed by atoms with van der Waals surface area (Å²) in [7, 11) is 0. The Morgan fingerprint density at radius 1 is 1.18 bits per heavy atom. The van der Waals surface area contributed by atoms with E-state index in [1.807, 2.05) is 6.07 Å². The Balaban J connectivity index is 2.14. The topological polar surface area (TPSA) is 49.3 Å². The number of phenols is 1. The summed E-state index contributed by atoms with van der Waals surface area (Å²) < 4.78 is 13.1. The van der Waals surface area contributed by atoms with Crippen LogP contribution in [-0.2, 0) is 16.6 Å². The molecule has 0 saturated heterocycles. The highest BCUT2D eigenvalue weighted by molar-refractivity contribution is 5.93. The van der Waals surface area contributed by atoms with E-state index in [1.54, 1.807) is 24.3 Å². The van der Waals surface area contributed by atoms with Crippen LogP contribution >= 0.6 is 0 Å². The molecule has 2 rings (SSSR count). The van der Waals surface area contributed by atoms with Crippen molar-refractivity contribution in [3.63, 3.8) is 0 Å². The molecule has 22 heavy (non-hydrogen) atoms. The number of hydrogen-bond donors (Lipinski definition) is 2. The van der Waals surface area contributed by atoms with Gasteiger partial charge in [0.1, 0.15) is 11.6 Å². The molecule has 2 aromatic carbocycles. The molecule has 2 aromatic rings. The molecule has 2 N–H and O–H groups in total. The number of benzene rings is 2. The summed E-state index contributed by atoms with van der Waals surface area (Å²) in [6.45, 7) is 6.16. The van der Waals surface area contributed by atoms with Crippen LogP contribution in [0.2, 0.25) is 0 Å². The van der Waals surface area contributed by atoms with Crippen molar-refractivity contribution >= 4 is 11.6 Å². The van der Waals surface area contributed by atoms with Crippen molar-refractivity contribution in [2.45, 2.75) is 32.6 Å². The molecule has 0 bridgehead atoms. The number of nitrogens with one attached hydrogen (secondary N) is 1. The van der Waals surface area contributed by atoms with E-state index in [-0.39, 0.29) is 29.3 Å². The molecular formula is C18H20FNO2. The summed E-state index contributed by atoms with van der Waals surface area (Å²) in [6.07, 6.45) is 0.0525. The molecule has 3 nitrogen and oxygen atoms in total. The lowest BCUT2D eigenvalue weighted by Crippen LogP contribution is -2.16. The Bertz CT molecular complexity index is 690. The van der Waals surface area contributed by atoms with Crippen molar-refractivity contribution in [2.75, 3.05) is 5.32 Å². The minimum absolute atomic E-state index is 0.0144. The number of hydrogen-bond acceptors (Lipinski definition) is 2. The maximum Gasteiger partial charge on any atom is 0.228 e. The van der Waals surface area contributed by atoms with Gasteiger partial charge in [0.15, 0.2) is 0 Å². The largest absolute Gasteiger partial charge is 0.506 e. The van der Waals surface area contributed by atoms with E-state index in [4.69, 9.17) is 0 Å². The summed E-state index contributed by atoms with van der Waals surface area (Å²) in [6, 6.07) is 11.1.